The molecule has 6 aromatic heterocycles. The monoisotopic (exact) mass is 564 g/mol. The van der Waals surface area contributed by atoms with Crippen molar-refractivity contribution >= 4 is 162 Å². The second-order valence-corrected chi connectivity index (χ2v) is 14.6. The quantitative estimate of drug-likeness (QED) is 0.161. The minimum Gasteiger partial charge on any atom is -0.151 e. The van der Waals surface area contributed by atoms with Gasteiger partial charge in [-0.3, -0.25) is 0 Å². The molecule has 0 aliphatic heterocycles. The van der Waals surface area contributed by atoms with Gasteiger partial charge in [-0.1, -0.05) is 0 Å². The summed E-state index contributed by atoms with van der Waals surface area (Å²) in [6.07, 6.45) is 0. The predicted molar refractivity (Wildman–Crippen MR) is 171 cm³/mol. The fraction of sp³-hybridized carbons (Fsp3) is 0. The average molecular weight is 565 g/mol. The van der Waals surface area contributed by atoms with Crippen molar-refractivity contribution in [3.63, 3.8) is 0 Å². The third-order valence-corrected chi connectivity index (χ3v) is 13.2. The number of rotatable bonds is 0. The van der Waals surface area contributed by atoms with E-state index in [1.165, 1.54) is 93.5 Å². The van der Waals surface area contributed by atoms with Gasteiger partial charge in [0.1, 0.15) is 0 Å². The van der Waals surface area contributed by atoms with Crippen LogP contribution in [0.1, 0.15) is 0 Å². The third-order valence-electron chi connectivity index (χ3n) is 7.76. The van der Waals surface area contributed by atoms with Crippen LogP contribution < -0.4 is 0 Å². The summed E-state index contributed by atoms with van der Waals surface area (Å²) >= 11 is 11.4. The van der Waals surface area contributed by atoms with E-state index in [2.05, 4.69) is 68.0 Å². The number of hydrogen-bond acceptors (Lipinski definition) is 6. The standard InChI is InChI=1S/C30H12S6/c1-6-32-26-13(1)14-2-7-33-27(14)23-21(26)20-19-12-31-11-18(19)17-5-10-36-30(17)22(20)24-25(23)29-16(4-9-35-29)15-3-8-34-28(15)24/h1-12H. The first-order chi connectivity index (χ1) is 17.9. The molecule has 0 saturated carbocycles. The second kappa shape index (κ2) is 6.64. The Morgan fingerprint density at radius 3 is 1.00 bits per heavy atom. The Bertz CT molecular complexity index is 2050. The third kappa shape index (κ3) is 2.11. The molecule has 10 rings (SSSR count). The van der Waals surface area contributed by atoms with E-state index >= 15 is 0 Å². The Balaban J connectivity index is 1.78. The summed E-state index contributed by atoms with van der Waals surface area (Å²) in [6, 6.07) is 11.7. The van der Waals surface area contributed by atoms with Gasteiger partial charge in [0, 0.05) is 93.5 Å². The first-order valence-corrected chi connectivity index (χ1v) is 16.9. The van der Waals surface area contributed by atoms with Crippen molar-refractivity contribution in [3.05, 3.63) is 68.0 Å². The molecule has 6 heteroatoms. The minimum absolute atomic E-state index is 1.40. The van der Waals surface area contributed by atoms with Crippen molar-refractivity contribution in [2.24, 2.45) is 0 Å². The van der Waals surface area contributed by atoms with E-state index in [1.807, 2.05) is 68.0 Å². The van der Waals surface area contributed by atoms with Gasteiger partial charge in [0.2, 0.25) is 0 Å². The summed E-state index contributed by atoms with van der Waals surface area (Å²) in [7, 11) is 0. The molecule has 0 atom stereocenters. The lowest BCUT2D eigenvalue weighted by Gasteiger charge is -2.16. The summed E-state index contributed by atoms with van der Waals surface area (Å²) in [5.74, 6) is 0. The summed E-state index contributed by atoms with van der Waals surface area (Å²) in [5, 5.41) is 34.8. The van der Waals surface area contributed by atoms with Crippen LogP contribution in [0.15, 0.2) is 68.0 Å². The van der Waals surface area contributed by atoms with Gasteiger partial charge >= 0.3 is 0 Å². The lowest BCUT2D eigenvalue weighted by atomic mass is 9.88. The average Bonchev–Trinajstić information content (AvgIpc) is 3.73. The zero-order valence-corrected chi connectivity index (χ0v) is 23.3. The zero-order chi connectivity index (χ0) is 23.1. The smallest absolute Gasteiger partial charge is 0.0435 e. The van der Waals surface area contributed by atoms with Crippen molar-refractivity contribution in [3.8, 4) is 0 Å². The summed E-state index contributed by atoms with van der Waals surface area (Å²) in [4.78, 5) is 0. The molecule has 0 radical (unpaired) electrons. The van der Waals surface area contributed by atoms with Crippen molar-refractivity contribution in [1.29, 1.82) is 0 Å². The number of hydrogen-bond donors (Lipinski definition) is 0. The molecule has 0 nitrogen and oxygen atoms in total. The van der Waals surface area contributed by atoms with Gasteiger partial charge in [0.25, 0.3) is 0 Å². The van der Waals surface area contributed by atoms with Gasteiger partial charge in [0.05, 0.1) is 0 Å². The molecule has 10 aromatic rings. The molecule has 0 spiro atoms. The van der Waals surface area contributed by atoms with E-state index in [4.69, 9.17) is 0 Å². The van der Waals surface area contributed by atoms with Crippen LogP contribution in [0, 0.1) is 0 Å². The highest BCUT2D eigenvalue weighted by atomic mass is 32.1. The van der Waals surface area contributed by atoms with Gasteiger partial charge in [-0.25, -0.2) is 0 Å². The SMILES string of the molecule is c1cc2c3ccsc3c3c(c2s1)c1c2cscc2c2ccsc2c1c1c2sccc2c2ccsc2c31. The molecule has 4 aromatic carbocycles. The largest absolute Gasteiger partial charge is 0.151 e. The molecule has 168 valence electrons. The van der Waals surface area contributed by atoms with E-state index < -0.39 is 0 Å². The van der Waals surface area contributed by atoms with Crippen LogP contribution in [-0.4, -0.2) is 0 Å². The van der Waals surface area contributed by atoms with Gasteiger partial charge in [-0.05, 0) is 68.0 Å². The Hall–Kier alpha value is -2.58. The van der Waals surface area contributed by atoms with Crippen molar-refractivity contribution in [2.45, 2.75) is 0 Å². The molecule has 0 amide bonds. The fourth-order valence-electron chi connectivity index (χ4n) is 6.43. The first-order valence-electron chi connectivity index (χ1n) is 11.6. The molecule has 0 aliphatic carbocycles. The van der Waals surface area contributed by atoms with Crippen molar-refractivity contribution in [1.82, 2.24) is 0 Å². The molecular weight excluding hydrogens is 553 g/mol. The number of benzene rings is 4. The van der Waals surface area contributed by atoms with E-state index in [0.717, 1.165) is 0 Å². The van der Waals surface area contributed by atoms with Crippen LogP contribution in [0.5, 0.6) is 0 Å². The Morgan fingerprint density at radius 2 is 0.611 bits per heavy atom. The fourth-order valence-corrected chi connectivity index (χ4v) is 12.1. The van der Waals surface area contributed by atoms with E-state index in [0.29, 0.717) is 0 Å². The van der Waals surface area contributed by atoms with Crippen molar-refractivity contribution in [2.75, 3.05) is 0 Å². The normalized spacial score (nSPS) is 13.0. The molecule has 0 saturated heterocycles. The van der Waals surface area contributed by atoms with Crippen molar-refractivity contribution < 1.29 is 0 Å². The van der Waals surface area contributed by atoms with E-state index in [1.54, 1.807) is 0 Å². The predicted octanol–water partition coefficient (Wildman–Crippen LogP) is 12.4. The number of thiophene rings is 6. The van der Waals surface area contributed by atoms with Crippen LogP contribution in [0.25, 0.3) is 93.5 Å². The highest BCUT2D eigenvalue weighted by molar-refractivity contribution is 7.23. The Labute approximate surface area is 227 Å². The topological polar surface area (TPSA) is 0 Å². The highest BCUT2D eigenvalue weighted by Gasteiger charge is 2.25. The van der Waals surface area contributed by atoms with Crippen LogP contribution in [0.4, 0.5) is 0 Å². The van der Waals surface area contributed by atoms with Crippen LogP contribution in [-0.2, 0) is 0 Å². The Kier molecular flexibility index (Phi) is 3.60. The number of fused-ring (bicyclic) bond motifs is 21. The van der Waals surface area contributed by atoms with Gasteiger partial charge < -0.3 is 0 Å². The van der Waals surface area contributed by atoms with Crippen LogP contribution in [0.2, 0.25) is 0 Å². The maximum atomic E-state index is 2.40. The molecule has 36 heavy (non-hydrogen) atoms. The Morgan fingerprint density at radius 1 is 0.306 bits per heavy atom. The van der Waals surface area contributed by atoms with Crippen LogP contribution >= 0.6 is 68.0 Å². The molecule has 0 unspecified atom stereocenters. The minimum atomic E-state index is 1.40. The maximum Gasteiger partial charge on any atom is 0.0435 e. The molecule has 0 N–H and O–H groups in total. The highest BCUT2D eigenvalue weighted by Crippen LogP contribution is 2.55. The van der Waals surface area contributed by atoms with Crippen LogP contribution in [0.3, 0.4) is 0 Å². The van der Waals surface area contributed by atoms with E-state index in [9.17, 15) is 0 Å². The maximum absolute atomic E-state index is 2.40. The molecule has 6 heterocycles. The molecule has 0 bridgehead atoms. The molecule has 0 fully saturated rings. The zero-order valence-electron chi connectivity index (χ0n) is 18.4. The van der Waals surface area contributed by atoms with Gasteiger partial charge in [-0.15, -0.1) is 56.7 Å². The second-order valence-electron chi connectivity index (χ2n) is 9.27. The first kappa shape index (κ1) is 19.5. The van der Waals surface area contributed by atoms with Gasteiger partial charge in [-0.2, -0.15) is 11.3 Å². The van der Waals surface area contributed by atoms with E-state index in [-0.39, 0.29) is 0 Å². The molecule has 0 aliphatic rings. The summed E-state index contributed by atoms with van der Waals surface area (Å²) in [5.41, 5.74) is 0. The summed E-state index contributed by atoms with van der Waals surface area (Å²) < 4.78 is 7.17. The lowest BCUT2D eigenvalue weighted by Crippen LogP contribution is -1.87. The molecular formula is C30H12S6. The summed E-state index contributed by atoms with van der Waals surface area (Å²) in [6.45, 7) is 0. The lowest BCUT2D eigenvalue weighted by molar-refractivity contribution is 2.08. The van der Waals surface area contributed by atoms with Gasteiger partial charge in [0.15, 0.2) is 0 Å².